The molecule has 0 spiro atoms. The second-order valence-corrected chi connectivity index (χ2v) is 8.05. The predicted octanol–water partition coefficient (Wildman–Crippen LogP) is 3.90. The lowest BCUT2D eigenvalue weighted by Crippen LogP contribution is -2.32. The Morgan fingerprint density at radius 1 is 1.35 bits per heavy atom. The Balaban J connectivity index is 1.47. The van der Waals surface area contributed by atoms with Crippen LogP contribution in [0.3, 0.4) is 0 Å². The molecular formula is C19H24N2O3S2. The van der Waals surface area contributed by atoms with Crippen molar-refractivity contribution in [2.24, 2.45) is 0 Å². The van der Waals surface area contributed by atoms with Crippen molar-refractivity contribution in [3.05, 3.63) is 35.7 Å². The van der Waals surface area contributed by atoms with Gasteiger partial charge in [-0.3, -0.25) is 4.79 Å². The van der Waals surface area contributed by atoms with Gasteiger partial charge in [-0.15, -0.1) is 23.5 Å². The summed E-state index contributed by atoms with van der Waals surface area (Å²) < 4.78 is 11.3. The second kappa shape index (κ2) is 9.48. The van der Waals surface area contributed by atoms with E-state index in [1.54, 1.807) is 23.5 Å². The fourth-order valence-corrected chi connectivity index (χ4v) is 4.00. The summed E-state index contributed by atoms with van der Waals surface area (Å²) in [4.78, 5) is 17.7. The number of thioether (sulfide) groups is 2. The minimum atomic E-state index is 0.0412. The highest BCUT2D eigenvalue weighted by molar-refractivity contribution is 7.99. The molecule has 5 nitrogen and oxygen atoms in total. The summed E-state index contributed by atoms with van der Waals surface area (Å²) in [5, 5.41) is 2.94. The van der Waals surface area contributed by atoms with Gasteiger partial charge in [-0.05, 0) is 50.3 Å². The van der Waals surface area contributed by atoms with Gasteiger partial charge in [-0.1, -0.05) is 0 Å². The van der Waals surface area contributed by atoms with E-state index in [1.165, 1.54) is 4.90 Å². The Morgan fingerprint density at radius 3 is 2.85 bits per heavy atom. The zero-order valence-corrected chi connectivity index (χ0v) is 16.8. The maximum Gasteiger partial charge on any atom is 0.230 e. The fourth-order valence-electron chi connectivity index (χ4n) is 2.74. The molecular weight excluding hydrogens is 368 g/mol. The summed E-state index contributed by atoms with van der Waals surface area (Å²) in [6.45, 7) is 3.34. The van der Waals surface area contributed by atoms with Crippen LogP contribution in [0, 0.1) is 6.92 Å². The maximum absolute atomic E-state index is 11.9. The third-order valence-electron chi connectivity index (χ3n) is 4.25. The van der Waals surface area contributed by atoms with Gasteiger partial charge < -0.3 is 14.5 Å². The number of rotatable bonds is 8. The summed E-state index contributed by atoms with van der Waals surface area (Å²) in [6.07, 6.45) is 4.35. The first kappa shape index (κ1) is 19.3. The van der Waals surface area contributed by atoms with Crippen molar-refractivity contribution in [3.8, 4) is 11.5 Å². The molecule has 2 heterocycles. The van der Waals surface area contributed by atoms with Crippen LogP contribution in [0.1, 0.15) is 24.3 Å². The maximum atomic E-state index is 11.9. The Bertz CT molecular complexity index is 725. The molecule has 26 heavy (non-hydrogen) atoms. The summed E-state index contributed by atoms with van der Waals surface area (Å²) in [5.41, 5.74) is 1.86. The van der Waals surface area contributed by atoms with Gasteiger partial charge in [0.25, 0.3) is 0 Å². The molecule has 1 aromatic heterocycles. The molecule has 0 aliphatic carbocycles. The standard InChI is InChI=1S/C19H24N2O3S2/c1-13-17(11-26-12-18(22)20-10-15-4-3-9-23-15)21-19(24-13)14-5-7-16(25-2)8-6-14/h5-8,15H,3-4,9-12H2,1-2H3,(H,20,22). The van der Waals surface area contributed by atoms with Gasteiger partial charge >= 0.3 is 0 Å². The van der Waals surface area contributed by atoms with Gasteiger partial charge in [-0.2, -0.15) is 0 Å². The molecule has 1 aliphatic heterocycles. The van der Waals surface area contributed by atoms with E-state index in [2.05, 4.69) is 28.7 Å². The number of oxazole rings is 1. The molecule has 0 saturated carbocycles. The molecule has 1 unspecified atom stereocenters. The number of carbonyl (C=O) groups is 1. The molecule has 1 amide bonds. The van der Waals surface area contributed by atoms with E-state index in [1.807, 2.05) is 19.1 Å². The number of aromatic nitrogens is 1. The number of nitrogens with one attached hydrogen (secondary N) is 1. The zero-order valence-electron chi connectivity index (χ0n) is 15.1. The quantitative estimate of drug-likeness (QED) is 0.688. The van der Waals surface area contributed by atoms with Gasteiger partial charge in [0.1, 0.15) is 5.76 Å². The van der Waals surface area contributed by atoms with Crippen molar-refractivity contribution in [3.63, 3.8) is 0 Å². The Morgan fingerprint density at radius 2 is 2.15 bits per heavy atom. The molecule has 3 rings (SSSR count). The third-order valence-corrected chi connectivity index (χ3v) is 5.94. The molecule has 1 fully saturated rings. The van der Waals surface area contributed by atoms with Crippen molar-refractivity contribution in [2.45, 2.75) is 36.5 Å². The highest BCUT2D eigenvalue weighted by atomic mass is 32.2. The number of carbonyl (C=O) groups excluding carboxylic acids is 1. The van der Waals surface area contributed by atoms with Gasteiger partial charge in [0.05, 0.1) is 17.6 Å². The molecule has 1 atom stereocenters. The first-order chi connectivity index (χ1) is 12.7. The molecule has 2 aromatic rings. The van der Waals surface area contributed by atoms with Crippen LogP contribution in [0.15, 0.2) is 33.6 Å². The van der Waals surface area contributed by atoms with Crippen LogP contribution < -0.4 is 5.32 Å². The van der Waals surface area contributed by atoms with Crippen LogP contribution in [0.2, 0.25) is 0 Å². The van der Waals surface area contributed by atoms with E-state index in [0.29, 0.717) is 23.9 Å². The van der Waals surface area contributed by atoms with Crippen LogP contribution in [0.4, 0.5) is 0 Å². The largest absolute Gasteiger partial charge is 0.441 e. The SMILES string of the molecule is CSc1ccc(-c2nc(CSCC(=O)NCC3CCCO3)c(C)o2)cc1. The highest BCUT2D eigenvalue weighted by Crippen LogP contribution is 2.26. The molecule has 1 aliphatic rings. The molecule has 0 bridgehead atoms. The van der Waals surface area contributed by atoms with Crippen LogP contribution in [-0.4, -0.2) is 42.2 Å². The monoisotopic (exact) mass is 392 g/mol. The Kier molecular flexibility index (Phi) is 7.05. The smallest absolute Gasteiger partial charge is 0.230 e. The van der Waals surface area contributed by atoms with E-state index >= 15 is 0 Å². The van der Waals surface area contributed by atoms with Crippen molar-refractivity contribution >= 4 is 29.4 Å². The molecule has 1 saturated heterocycles. The first-order valence-corrected chi connectivity index (χ1v) is 11.1. The van der Waals surface area contributed by atoms with Crippen LogP contribution in [0.5, 0.6) is 0 Å². The number of aryl methyl sites for hydroxylation is 1. The van der Waals surface area contributed by atoms with E-state index in [4.69, 9.17) is 9.15 Å². The molecule has 0 radical (unpaired) electrons. The number of hydrogen-bond donors (Lipinski definition) is 1. The van der Waals surface area contributed by atoms with Crippen LogP contribution in [0.25, 0.3) is 11.5 Å². The number of hydrogen-bond acceptors (Lipinski definition) is 6. The number of amides is 1. The van der Waals surface area contributed by atoms with Gasteiger partial charge in [0, 0.05) is 29.4 Å². The van der Waals surface area contributed by atoms with E-state index in [0.717, 1.165) is 36.5 Å². The van der Waals surface area contributed by atoms with Crippen molar-refractivity contribution in [1.29, 1.82) is 0 Å². The second-order valence-electron chi connectivity index (χ2n) is 6.18. The van der Waals surface area contributed by atoms with Crippen molar-refractivity contribution < 1.29 is 13.9 Å². The molecule has 1 N–H and O–H groups in total. The Hall–Kier alpha value is -1.44. The van der Waals surface area contributed by atoms with E-state index < -0.39 is 0 Å². The average Bonchev–Trinajstić information content (AvgIpc) is 3.30. The lowest BCUT2D eigenvalue weighted by Gasteiger charge is -2.10. The van der Waals surface area contributed by atoms with Crippen LogP contribution in [-0.2, 0) is 15.3 Å². The van der Waals surface area contributed by atoms with Crippen molar-refractivity contribution in [1.82, 2.24) is 10.3 Å². The number of ether oxygens (including phenoxy) is 1. The van der Waals surface area contributed by atoms with Gasteiger partial charge in [0.2, 0.25) is 11.8 Å². The average molecular weight is 393 g/mol. The summed E-state index contributed by atoms with van der Waals surface area (Å²) in [6, 6.07) is 8.16. The Labute approximate surface area is 162 Å². The normalized spacial score (nSPS) is 16.8. The zero-order chi connectivity index (χ0) is 18.4. The third kappa shape index (κ3) is 5.28. The van der Waals surface area contributed by atoms with E-state index in [-0.39, 0.29) is 12.0 Å². The van der Waals surface area contributed by atoms with Crippen molar-refractivity contribution in [2.75, 3.05) is 25.2 Å². The van der Waals surface area contributed by atoms with Gasteiger partial charge in [-0.25, -0.2) is 4.98 Å². The predicted molar refractivity (Wildman–Crippen MR) is 107 cm³/mol. The number of nitrogens with zero attached hydrogens (tertiary/aromatic N) is 1. The summed E-state index contributed by atoms with van der Waals surface area (Å²) in [5.74, 6) is 2.55. The summed E-state index contributed by atoms with van der Waals surface area (Å²) >= 11 is 3.25. The van der Waals surface area contributed by atoms with E-state index in [9.17, 15) is 4.79 Å². The molecule has 7 heteroatoms. The van der Waals surface area contributed by atoms with Crippen LogP contribution >= 0.6 is 23.5 Å². The topological polar surface area (TPSA) is 64.4 Å². The highest BCUT2D eigenvalue weighted by Gasteiger charge is 2.16. The minimum Gasteiger partial charge on any atom is -0.441 e. The van der Waals surface area contributed by atoms with Gasteiger partial charge in [0.15, 0.2) is 0 Å². The first-order valence-electron chi connectivity index (χ1n) is 8.72. The molecule has 1 aromatic carbocycles. The molecule has 140 valence electrons. The minimum absolute atomic E-state index is 0.0412. The summed E-state index contributed by atoms with van der Waals surface area (Å²) in [7, 11) is 0. The number of benzene rings is 1. The lowest BCUT2D eigenvalue weighted by molar-refractivity contribution is -0.119. The lowest BCUT2D eigenvalue weighted by atomic mass is 10.2. The fraction of sp³-hybridized carbons (Fsp3) is 0.474.